The average molecular weight is 240 g/mol. The second-order valence-electron chi connectivity index (χ2n) is 5.47. The molecule has 2 N–H and O–H groups in total. The molecule has 1 saturated heterocycles. The number of rotatable bonds is 4. The third kappa shape index (κ3) is 3.96. The first kappa shape index (κ1) is 12.8. The van der Waals surface area contributed by atoms with E-state index in [0.717, 1.165) is 32.4 Å². The number of likely N-dealkylation sites (tertiary alicyclic amines) is 1. The van der Waals surface area contributed by atoms with Gasteiger partial charge in [0.1, 0.15) is 0 Å². The minimum absolute atomic E-state index is 0.162. The molecular formula is C13H24N2O2. The highest BCUT2D eigenvalue weighted by molar-refractivity contribution is 5.78. The molecule has 2 fully saturated rings. The Kier molecular flexibility index (Phi) is 4.80. The normalized spacial score (nSPS) is 27.2. The van der Waals surface area contributed by atoms with Crippen LogP contribution in [-0.2, 0) is 4.79 Å². The van der Waals surface area contributed by atoms with E-state index in [0.29, 0.717) is 18.5 Å². The SMILES string of the molecule is O=C(CN1CC[C@H](CO)C1)NC1CCCCC1. The second-order valence-corrected chi connectivity index (χ2v) is 5.47. The molecule has 1 aliphatic heterocycles. The van der Waals surface area contributed by atoms with E-state index >= 15 is 0 Å². The zero-order chi connectivity index (χ0) is 12.1. The van der Waals surface area contributed by atoms with Crippen molar-refractivity contribution in [3.8, 4) is 0 Å². The summed E-state index contributed by atoms with van der Waals surface area (Å²) in [6, 6.07) is 0.410. The molecule has 4 nitrogen and oxygen atoms in total. The molecule has 1 amide bonds. The highest BCUT2D eigenvalue weighted by atomic mass is 16.3. The first-order valence-electron chi connectivity index (χ1n) is 6.90. The second kappa shape index (κ2) is 6.36. The lowest BCUT2D eigenvalue weighted by Crippen LogP contribution is -2.42. The molecule has 4 heteroatoms. The van der Waals surface area contributed by atoms with Crippen LogP contribution < -0.4 is 5.32 Å². The number of aliphatic hydroxyl groups is 1. The van der Waals surface area contributed by atoms with Gasteiger partial charge in [0.05, 0.1) is 6.54 Å². The van der Waals surface area contributed by atoms with Crippen LogP contribution in [0.1, 0.15) is 38.5 Å². The number of carbonyl (C=O) groups excluding carboxylic acids is 1. The molecule has 0 aromatic heterocycles. The monoisotopic (exact) mass is 240 g/mol. The Morgan fingerprint density at radius 2 is 2.00 bits per heavy atom. The number of hydrogen-bond donors (Lipinski definition) is 2. The first-order valence-corrected chi connectivity index (χ1v) is 6.90. The van der Waals surface area contributed by atoms with Gasteiger partial charge in [-0.1, -0.05) is 19.3 Å². The van der Waals surface area contributed by atoms with E-state index in [1.54, 1.807) is 0 Å². The number of hydrogen-bond acceptors (Lipinski definition) is 3. The Labute approximate surface area is 103 Å². The molecule has 0 bridgehead atoms. The molecular weight excluding hydrogens is 216 g/mol. The van der Waals surface area contributed by atoms with Crippen molar-refractivity contribution >= 4 is 5.91 Å². The van der Waals surface area contributed by atoms with E-state index in [-0.39, 0.29) is 12.5 Å². The highest BCUT2D eigenvalue weighted by Crippen LogP contribution is 2.18. The summed E-state index contributed by atoms with van der Waals surface area (Å²) in [5.74, 6) is 0.535. The van der Waals surface area contributed by atoms with E-state index in [9.17, 15) is 4.79 Å². The highest BCUT2D eigenvalue weighted by Gasteiger charge is 2.24. The Bertz CT molecular complexity index is 252. The van der Waals surface area contributed by atoms with Gasteiger partial charge in [-0.25, -0.2) is 0 Å². The van der Waals surface area contributed by atoms with Gasteiger partial charge in [0.25, 0.3) is 0 Å². The summed E-state index contributed by atoms with van der Waals surface area (Å²) in [7, 11) is 0. The summed E-state index contributed by atoms with van der Waals surface area (Å²) in [5, 5.41) is 12.2. The van der Waals surface area contributed by atoms with Gasteiger partial charge >= 0.3 is 0 Å². The Morgan fingerprint density at radius 1 is 1.24 bits per heavy atom. The van der Waals surface area contributed by atoms with Crippen molar-refractivity contribution in [2.45, 2.75) is 44.6 Å². The quantitative estimate of drug-likeness (QED) is 0.762. The Balaban J connectivity index is 1.66. The number of nitrogens with zero attached hydrogens (tertiary/aromatic N) is 1. The van der Waals surface area contributed by atoms with Crippen LogP contribution in [0.5, 0.6) is 0 Å². The van der Waals surface area contributed by atoms with Crippen LogP contribution >= 0.6 is 0 Å². The summed E-state index contributed by atoms with van der Waals surface area (Å²) >= 11 is 0. The van der Waals surface area contributed by atoms with Crippen molar-refractivity contribution < 1.29 is 9.90 Å². The van der Waals surface area contributed by atoms with Crippen LogP contribution in [0.2, 0.25) is 0 Å². The molecule has 1 saturated carbocycles. The lowest BCUT2D eigenvalue weighted by molar-refractivity contribution is -0.123. The van der Waals surface area contributed by atoms with Crippen molar-refractivity contribution in [2.75, 3.05) is 26.2 Å². The maximum Gasteiger partial charge on any atom is 0.234 e. The predicted molar refractivity (Wildman–Crippen MR) is 66.6 cm³/mol. The van der Waals surface area contributed by atoms with Crippen molar-refractivity contribution in [3.63, 3.8) is 0 Å². The minimum atomic E-state index is 0.162. The Morgan fingerprint density at radius 3 is 2.65 bits per heavy atom. The van der Waals surface area contributed by atoms with Crippen molar-refractivity contribution in [1.29, 1.82) is 0 Å². The summed E-state index contributed by atoms with van der Waals surface area (Å²) in [6.07, 6.45) is 7.13. The third-order valence-electron chi connectivity index (χ3n) is 3.97. The number of aliphatic hydroxyl groups excluding tert-OH is 1. The third-order valence-corrected chi connectivity index (χ3v) is 3.97. The fourth-order valence-corrected chi connectivity index (χ4v) is 2.93. The average Bonchev–Trinajstić information content (AvgIpc) is 2.78. The Hall–Kier alpha value is -0.610. The van der Waals surface area contributed by atoms with Crippen molar-refractivity contribution in [3.05, 3.63) is 0 Å². The van der Waals surface area contributed by atoms with Gasteiger partial charge in [-0.2, -0.15) is 0 Å². The van der Waals surface area contributed by atoms with Crippen LogP contribution in [0.3, 0.4) is 0 Å². The van der Waals surface area contributed by atoms with E-state index in [4.69, 9.17) is 5.11 Å². The van der Waals surface area contributed by atoms with Gasteiger partial charge in [0.2, 0.25) is 5.91 Å². The molecule has 0 spiro atoms. The lowest BCUT2D eigenvalue weighted by Gasteiger charge is -2.24. The van der Waals surface area contributed by atoms with Gasteiger partial charge in [-0.05, 0) is 31.7 Å². The number of amides is 1. The summed E-state index contributed by atoms with van der Waals surface area (Å²) in [5.41, 5.74) is 0. The number of carbonyl (C=O) groups is 1. The molecule has 2 aliphatic rings. The van der Waals surface area contributed by atoms with Gasteiger partial charge < -0.3 is 10.4 Å². The molecule has 17 heavy (non-hydrogen) atoms. The largest absolute Gasteiger partial charge is 0.396 e. The fourth-order valence-electron chi connectivity index (χ4n) is 2.93. The molecule has 0 unspecified atom stereocenters. The van der Waals surface area contributed by atoms with Crippen LogP contribution in [0.4, 0.5) is 0 Å². The maximum absolute atomic E-state index is 11.8. The van der Waals surface area contributed by atoms with Gasteiger partial charge in [0, 0.05) is 19.2 Å². The van der Waals surface area contributed by atoms with Crippen molar-refractivity contribution in [2.24, 2.45) is 5.92 Å². The maximum atomic E-state index is 11.8. The predicted octanol–water partition coefficient (Wildman–Crippen LogP) is 0.749. The summed E-state index contributed by atoms with van der Waals surface area (Å²) in [4.78, 5) is 14.0. The standard InChI is InChI=1S/C13H24N2O2/c16-10-11-6-7-15(8-11)9-13(17)14-12-4-2-1-3-5-12/h11-12,16H,1-10H2,(H,14,17)/t11-/m0/s1. The van der Waals surface area contributed by atoms with Crippen molar-refractivity contribution in [1.82, 2.24) is 10.2 Å². The van der Waals surface area contributed by atoms with E-state index < -0.39 is 0 Å². The van der Waals surface area contributed by atoms with E-state index in [2.05, 4.69) is 10.2 Å². The zero-order valence-electron chi connectivity index (χ0n) is 10.5. The molecule has 0 radical (unpaired) electrons. The molecule has 1 atom stereocenters. The fraction of sp³-hybridized carbons (Fsp3) is 0.923. The summed E-state index contributed by atoms with van der Waals surface area (Å²) < 4.78 is 0. The first-order chi connectivity index (χ1) is 8.28. The van der Waals surface area contributed by atoms with Crippen LogP contribution in [0.25, 0.3) is 0 Å². The topological polar surface area (TPSA) is 52.6 Å². The van der Waals surface area contributed by atoms with Crippen LogP contribution in [0, 0.1) is 5.92 Å². The van der Waals surface area contributed by atoms with E-state index in [1.807, 2.05) is 0 Å². The molecule has 0 aromatic rings. The molecule has 98 valence electrons. The number of nitrogens with one attached hydrogen (secondary N) is 1. The van der Waals surface area contributed by atoms with Gasteiger partial charge in [-0.3, -0.25) is 9.69 Å². The van der Waals surface area contributed by atoms with Gasteiger partial charge in [0.15, 0.2) is 0 Å². The van der Waals surface area contributed by atoms with Crippen LogP contribution in [0.15, 0.2) is 0 Å². The minimum Gasteiger partial charge on any atom is -0.396 e. The van der Waals surface area contributed by atoms with Crippen LogP contribution in [-0.4, -0.2) is 48.2 Å². The lowest BCUT2D eigenvalue weighted by atomic mass is 9.95. The molecule has 1 heterocycles. The summed E-state index contributed by atoms with van der Waals surface area (Å²) in [6.45, 7) is 2.58. The zero-order valence-corrected chi connectivity index (χ0v) is 10.5. The molecule has 0 aromatic carbocycles. The molecule has 1 aliphatic carbocycles. The van der Waals surface area contributed by atoms with Gasteiger partial charge in [-0.15, -0.1) is 0 Å². The smallest absolute Gasteiger partial charge is 0.234 e. The van der Waals surface area contributed by atoms with E-state index in [1.165, 1.54) is 19.3 Å². The molecule has 2 rings (SSSR count).